The van der Waals surface area contributed by atoms with Gasteiger partial charge in [-0.25, -0.2) is 0 Å². The van der Waals surface area contributed by atoms with E-state index in [1.54, 1.807) is 0 Å². The Labute approximate surface area is 85.3 Å². The molecule has 0 amide bonds. The number of carbonyl (C=O) groups is 1. The van der Waals surface area contributed by atoms with Gasteiger partial charge in [0, 0.05) is 11.8 Å². The Balaban J connectivity index is 1.83. The topological polar surface area (TPSA) is 17.1 Å². The fourth-order valence-electron chi connectivity index (χ4n) is 5.34. The summed E-state index contributed by atoms with van der Waals surface area (Å²) in [7, 11) is 0. The van der Waals surface area contributed by atoms with Crippen molar-refractivity contribution < 1.29 is 4.79 Å². The predicted octanol–water partition coefficient (Wildman–Crippen LogP) is 2.65. The van der Waals surface area contributed by atoms with Gasteiger partial charge in [-0.2, -0.15) is 0 Å². The third-order valence-corrected chi connectivity index (χ3v) is 5.96. The molecule has 4 aliphatic carbocycles. The summed E-state index contributed by atoms with van der Waals surface area (Å²) in [5.41, 5.74) is 1.13. The highest BCUT2D eigenvalue weighted by molar-refractivity contribution is 5.88. The normalized spacial score (nSPS) is 61.4. The van der Waals surface area contributed by atoms with Crippen LogP contribution >= 0.6 is 0 Å². The van der Waals surface area contributed by atoms with E-state index in [0.717, 1.165) is 11.8 Å². The summed E-state index contributed by atoms with van der Waals surface area (Å²) in [6.45, 7) is 4.79. The van der Waals surface area contributed by atoms with Crippen LogP contribution in [0.25, 0.3) is 0 Å². The van der Waals surface area contributed by atoms with E-state index in [2.05, 4.69) is 13.8 Å². The molecule has 0 saturated heterocycles. The summed E-state index contributed by atoms with van der Waals surface area (Å²) < 4.78 is 0. The zero-order valence-electron chi connectivity index (χ0n) is 9.05. The number of Topliss-reactive ketones (excluding diaryl/α,β-unsaturated/α-hetero) is 1. The second-order valence-electron chi connectivity index (χ2n) is 6.93. The van der Waals surface area contributed by atoms with E-state index >= 15 is 0 Å². The van der Waals surface area contributed by atoms with Gasteiger partial charge in [-0.15, -0.1) is 0 Å². The summed E-state index contributed by atoms with van der Waals surface area (Å²) in [5, 5.41) is 0. The third kappa shape index (κ3) is 0.610. The number of hydrogen-bond donors (Lipinski definition) is 0. The fraction of sp³-hybridized carbons (Fsp3) is 0.923. The average Bonchev–Trinajstić information content (AvgIpc) is 2.79. The van der Waals surface area contributed by atoms with Gasteiger partial charge in [0.15, 0.2) is 0 Å². The Morgan fingerprint density at radius 1 is 1.21 bits per heavy atom. The molecule has 0 aromatic carbocycles. The number of carbonyl (C=O) groups excluding carboxylic acids is 1. The predicted molar refractivity (Wildman–Crippen MR) is 53.6 cm³/mol. The van der Waals surface area contributed by atoms with Gasteiger partial charge in [-0.1, -0.05) is 13.8 Å². The highest BCUT2D eigenvalue weighted by Crippen LogP contribution is 2.81. The highest BCUT2D eigenvalue weighted by atomic mass is 16.1. The van der Waals surface area contributed by atoms with Gasteiger partial charge in [-0.05, 0) is 48.3 Å². The maximum atomic E-state index is 12.0. The first-order chi connectivity index (χ1) is 6.55. The van der Waals surface area contributed by atoms with Crippen LogP contribution in [0.15, 0.2) is 0 Å². The molecule has 0 aromatic heterocycles. The first kappa shape index (κ1) is 7.90. The summed E-state index contributed by atoms with van der Waals surface area (Å²) in [6.07, 6.45) is 5.15. The molecule has 1 spiro atoms. The minimum absolute atomic E-state index is 0.451. The molecule has 76 valence electrons. The molecule has 1 heteroatoms. The molecule has 14 heavy (non-hydrogen) atoms. The van der Waals surface area contributed by atoms with Gasteiger partial charge in [-0.3, -0.25) is 4.79 Å². The van der Waals surface area contributed by atoms with Crippen LogP contribution in [0.5, 0.6) is 0 Å². The highest BCUT2D eigenvalue weighted by Gasteiger charge is 2.76. The maximum absolute atomic E-state index is 12.0. The first-order valence-corrected chi connectivity index (χ1v) is 6.08. The van der Waals surface area contributed by atoms with Crippen molar-refractivity contribution in [3.63, 3.8) is 0 Å². The van der Waals surface area contributed by atoms with Crippen LogP contribution in [-0.4, -0.2) is 5.78 Å². The van der Waals surface area contributed by atoms with Gasteiger partial charge in [0.2, 0.25) is 0 Å². The van der Waals surface area contributed by atoms with Gasteiger partial charge in [0.1, 0.15) is 5.78 Å². The molecule has 5 unspecified atom stereocenters. The number of hydrogen-bond acceptors (Lipinski definition) is 1. The van der Waals surface area contributed by atoms with Crippen LogP contribution in [0.3, 0.4) is 0 Å². The summed E-state index contributed by atoms with van der Waals surface area (Å²) in [5.74, 6) is 3.40. The Kier molecular flexibility index (Phi) is 1.03. The van der Waals surface area contributed by atoms with Gasteiger partial charge < -0.3 is 0 Å². The standard InChI is InChI=1S/C13H18O/c1-12(2)4-7-3-9-8(11(7)14)5-13(9)6-10(12)13/h7-10H,3-6H2,1-2H3. The van der Waals surface area contributed by atoms with Gasteiger partial charge in [0.05, 0.1) is 0 Å². The molecule has 0 N–H and O–H groups in total. The molecule has 4 aliphatic rings. The lowest BCUT2D eigenvalue weighted by atomic mass is 9.59. The van der Waals surface area contributed by atoms with Crippen LogP contribution < -0.4 is 0 Å². The van der Waals surface area contributed by atoms with Crippen LogP contribution in [-0.2, 0) is 4.79 Å². The smallest absolute Gasteiger partial charge is 0.139 e. The molecule has 2 bridgehead atoms. The summed E-state index contributed by atoms with van der Waals surface area (Å²) >= 11 is 0. The van der Waals surface area contributed by atoms with E-state index < -0.39 is 0 Å². The minimum Gasteiger partial charge on any atom is -0.299 e. The SMILES string of the molecule is CC1(C)CC2CC3C(CC34CC14)C2=O. The van der Waals surface area contributed by atoms with E-state index in [9.17, 15) is 4.79 Å². The number of rotatable bonds is 0. The molecule has 0 aromatic rings. The average molecular weight is 190 g/mol. The largest absolute Gasteiger partial charge is 0.299 e. The zero-order chi connectivity index (χ0) is 9.72. The van der Waals surface area contributed by atoms with Crippen molar-refractivity contribution in [1.29, 1.82) is 0 Å². The Morgan fingerprint density at radius 3 is 2.79 bits per heavy atom. The van der Waals surface area contributed by atoms with Crippen LogP contribution in [0.4, 0.5) is 0 Å². The zero-order valence-corrected chi connectivity index (χ0v) is 9.05. The van der Waals surface area contributed by atoms with Crippen molar-refractivity contribution in [3.8, 4) is 0 Å². The Hall–Kier alpha value is -0.330. The van der Waals surface area contributed by atoms with Crippen LogP contribution in [0.1, 0.15) is 39.5 Å². The molecule has 0 radical (unpaired) electrons. The van der Waals surface area contributed by atoms with Crippen molar-refractivity contribution in [1.82, 2.24) is 0 Å². The van der Waals surface area contributed by atoms with E-state index in [-0.39, 0.29) is 0 Å². The molecule has 5 atom stereocenters. The molecule has 4 fully saturated rings. The molecule has 1 nitrogen and oxygen atoms in total. The third-order valence-electron chi connectivity index (χ3n) is 5.96. The molecule has 4 rings (SSSR count). The summed E-state index contributed by atoms with van der Waals surface area (Å²) in [6, 6.07) is 0. The lowest BCUT2D eigenvalue weighted by Gasteiger charge is -2.44. The minimum atomic E-state index is 0.451. The summed E-state index contributed by atoms with van der Waals surface area (Å²) in [4.78, 5) is 12.0. The van der Waals surface area contributed by atoms with Crippen molar-refractivity contribution in [2.45, 2.75) is 39.5 Å². The van der Waals surface area contributed by atoms with Crippen molar-refractivity contribution >= 4 is 5.78 Å². The van der Waals surface area contributed by atoms with E-state index in [1.165, 1.54) is 25.7 Å². The van der Waals surface area contributed by atoms with Crippen LogP contribution in [0.2, 0.25) is 0 Å². The Bertz CT molecular complexity index is 343. The lowest BCUT2D eigenvalue weighted by Crippen LogP contribution is -2.42. The monoisotopic (exact) mass is 190 g/mol. The van der Waals surface area contributed by atoms with Crippen molar-refractivity contribution in [2.24, 2.45) is 34.5 Å². The second kappa shape index (κ2) is 1.83. The van der Waals surface area contributed by atoms with Gasteiger partial charge >= 0.3 is 0 Å². The van der Waals surface area contributed by atoms with Crippen LogP contribution in [0, 0.1) is 34.5 Å². The number of fused-ring (bicyclic) bond motifs is 1. The van der Waals surface area contributed by atoms with Gasteiger partial charge in [0.25, 0.3) is 0 Å². The lowest BCUT2D eigenvalue weighted by molar-refractivity contribution is -0.131. The first-order valence-electron chi connectivity index (χ1n) is 6.08. The molecule has 0 aliphatic heterocycles. The maximum Gasteiger partial charge on any atom is 0.139 e. The number of ketones is 1. The second-order valence-corrected chi connectivity index (χ2v) is 6.93. The Morgan fingerprint density at radius 2 is 2.00 bits per heavy atom. The molecule has 0 heterocycles. The molecular formula is C13H18O. The fourth-order valence-corrected chi connectivity index (χ4v) is 5.34. The van der Waals surface area contributed by atoms with E-state index in [1.807, 2.05) is 0 Å². The molecule has 4 saturated carbocycles. The molecular weight excluding hydrogens is 172 g/mol. The van der Waals surface area contributed by atoms with Crippen molar-refractivity contribution in [2.75, 3.05) is 0 Å². The quantitative estimate of drug-likeness (QED) is 0.574. The van der Waals surface area contributed by atoms with E-state index in [0.29, 0.717) is 28.4 Å². The van der Waals surface area contributed by atoms with E-state index in [4.69, 9.17) is 0 Å². The van der Waals surface area contributed by atoms with Crippen molar-refractivity contribution in [3.05, 3.63) is 0 Å².